The summed E-state index contributed by atoms with van der Waals surface area (Å²) < 4.78 is 0.968. The van der Waals surface area contributed by atoms with Gasteiger partial charge in [-0.15, -0.1) is 23.1 Å². The number of nitrogens with zero attached hydrogens (tertiary/aromatic N) is 1. The molecule has 0 aliphatic carbocycles. The van der Waals surface area contributed by atoms with E-state index < -0.39 is 5.97 Å². The molecule has 0 radical (unpaired) electrons. The van der Waals surface area contributed by atoms with Crippen LogP contribution in [0.2, 0.25) is 5.02 Å². The number of benzene rings is 1. The minimum atomic E-state index is -0.802. The van der Waals surface area contributed by atoms with Crippen molar-refractivity contribution in [3.8, 4) is 0 Å². The first kappa shape index (κ1) is 11.7. The number of aromatic nitrogens is 1. The molecule has 0 bridgehead atoms. The summed E-state index contributed by atoms with van der Waals surface area (Å²) in [6, 6.07) is 5.60. The van der Waals surface area contributed by atoms with Gasteiger partial charge in [-0.05, 0) is 12.1 Å². The van der Waals surface area contributed by atoms with E-state index in [1.54, 1.807) is 0 Å². The Morgan fingerprint density at radius 3 is 3.06 bits per heavy atom. The van der Waals surface area contributed by atoms with Crippen LogP contribution in [0.3, 0.4) is 0 Å². The highest BCUT2D eigenvalue weighted by molar-refractivity contribution is 7.99. The van der Waals surface area contributed by atoms with Gasteiger partial charge in [0.25, 0.3) is 0 Å². The van der Waals surface area contributed by atoms with Crippen LogP contribution in [0.15, 0.2) is 18.2 Å². The number of fused-ring (bicyclic) bond motifs is 1. The summed E-state index contributed by atoms with van der Waals surface area (Å²) in [4.78, 5) is 14.7. The fourth-order valence-electron chi connectivity index (χ4n) is 1.25. The monoisotopic (exact) mass is 273 g/mol. The highest BCUT2D eigenvalue weighted by Crippen LogP contribution is 2.30. The van der Waals surface area contributed by atoms with Gasteiger partial charge in [0.1, 0.15) is 5.01 Å². The SMILES string of the molecule is O=C(O)CSCc1nc2cccc(Cl)c2s1. The maximum absolute atomic E-state index is 10.4. The molecule has 0 amide bonds. The van der Waals surface area contributed by atoms with Crippen LogP contribution in [0.1, 0.15) is 5.01 Å². The third-order valence-corrected chi connectivity index (χ3v) is 4.51. The van der Waals surface area contributed by atoms with Gasteiger partial charge in [-0.2, -0.15) is 0 Å². The van der Waals surface area contributed by atoms with Crippen LogP contribution in [-0.2, 0) is 10.5 Å². The van der Waals surface area contributed by atoms with Crippen LogP contribution >= 0.6 is 34.7 Å². The lowest BCUT2D eigenvalue weighted by Gasteiger charge is -1.92. The van der Waals surface area contributed by atoms with Crippen LogP contribution in [-0.4, -0.2) is 21.8 Å². The van der Waals surface area contributed by atoms with E-state index >= 15 is 0 Å². The first-order valence-corrected chi connectivity index (χ1v) is 6.85. The summed E-state index contributed by atoms with van der Waals surface area (Å²) in [5, 5.41) is 10.1. The van der Waals surface area contributed by atoms with Crippen molar-refractivity contribution in [2.24, 2.45) is 0 Å². The molecule has 0 saturated carbocycles. The van der Waals surface area contributed by atoms with Crippen molar-refractivity contribution in [3.63, 3.8) is 0 Å². The Balaban J connectivity index is 2.14. The molecule has 0 fully saturated rings. The van der Waals surface area contributed by atoms with Gasteiger partial charge in [-0.1, -0.05) is 17.7 Å². The minimum absolute atomic E-state index is 0.101. The van der Waals surface area contributed by atoms with E-state index in [9.17, 15) is 4.79 Å². The molecule has 0 saturated heterocycles. The quantitative estimate of drug-likeness (QED) is 0.929. The lowest BCUT2D eigenvalue weighted by Crippen LogP contribution is -1.97. The zero-order valence-electron chi connectivity index (χ0n) is 8.14. The zero-order valence-corrected chi connectivity index (χ0v) is 10.5. The first-order chi connectivity index (χ1) is 7.66. The molecule has 84 valence electrons. The van der Waals surface area contributed by atoms with Gasteiger partial charge in [0, 0.05) is 5.75 Å². The molecule has 1 heterocycles. The van der Waals surface area contributed by atoms with Gasteiger partial charge in [0.05, 0.1) is 21.0 Å². The molecule has 3 nitrogen and oxygen atoms in total. The fraction of sp³-hybridized carbons (Fsp3) is 0.200. The van der Waals surface area contributed by atoms with Gasteiger partial charge >= 0.3 is 5.97 Å². The van der Waals surface area contributed by atoms with Crippen LogP contribution < -0.4 is 0 Å². The van der Waals surface area contributed by atoms with Gasteiger partial charge in [-0.25, -0.2) is 4.98 Å². The Labute approximate surface area is 105 Å². The molecule has 6 heteroatoms. The molecule has 2 rings (SSSR count). The maximum Gasteiger partial charge on any atom is 0.313 e. The van der Waals surface area contributed by atoms with Crippen molar-refractivity contribution in [2.75, 3.05) is 5.75 Å². The van der Waals surface area contributed by atoms with E-state index in [1.165, 1.54) is 23.1 Å². The molecule has 1 aromatic carbocycles. The topological polar surface area (TPSA) is 50.2 Å². The van der Waals surface area contributed by atoms with Crippen molar-refractivity contribution in [1.82, 2.24) is 4.98 Å². The van der Waals surface area contributed by atoms with Gasteiger partial charge in [-0.3, -0.25) is 4.79 Å². The second kappa shape index (κ2) is 5.03. The third-order valence-electron chi connectivity index (χ3n) is 1.86. The van der Waals surface area contributed by atoms with E-state index in [4.69, 9.17) is 16.7 Å². The Hall–Kier alpha value is -0.780. The molecule has 0 aliphatic rings. The number of carboxylic acid groups (broad SMARTS) is 1. The van der Waals surface area contributed by atoms with Crippen molar-refractivity contribution in [1.29, 1.82) is 0 Å². The number of aliphatic carboxylic acids is 1. The van der Waals surface area contributed by atoms with Crippen LogP contribution in [0, 0.1) is 0 Å². The lowest BCUT2D eigenvalue weighted by molar-refractivity contribution is -0.133. The minimum Gasteiger partial charge on any atom is -0.481 e. The normalized spacial score (nSPS) is 10.8. The van der Waals surface area contributed by atoms with Crippen LogP contribution in [0.5, 0.6) is 0 Å². The molecule has 2 aromatic rings. The second-order valence-electron chi connectivity index (χ2n) is 3.08. The number of rotatable bonds is 4. The molecule has 16 heavy (non-hydrogen) atoms. The van der Waals surface area contributed by atoms with Crippen molar-refractivity contribution < 1.29 is 9.90 Å². The van der Waals surface area contributed by atoms with Crippen LogP contribution in [0.4, 0.5) is 0 Å². The van der Waals surface area contributed by atoms with Crippen molar-refractivity contribution in [3.05, 3.63) is 28.2 Å². The van der Waals surface area contributed by atoms with E-state index in [0.717, 1.165) is 15.2 Å². The maximum atomic E-state index is 10.4. The first-order valence-electron chi connectivity index (χ1n) is 4.50. The summed E-state index contributed by atoms with van der Waals surface area (Å²) in [6.45, 7) is 0. The molecule has 0 spiro atoms. The predicted molar refractivity (Wildman–Crippen MR) is 68.4 cm³/mol. The Bertz CT molecular complexity index is 527. The summed E-state index contributed by atoms with van der Waals surface area (Å²) in [5.74, 6) is -0.0878. The number of hydrogen-bond acceptors (Lipinski definition) is 4. The summed E-state index contributed by atoms with van der Waals surface area (Å²) >= 11 is 8.88. The smallest absolute Gasteiger partial charge is 0.313 e. The molecule has 0 unspecified atom stereocenters. The number of thioether (sulfide) groups is 1. The number of halogens is 1. The zero-order chi connectivity index (χ0) is 11.5. The van der Waals surface area contributed by atoms with E-state index in [2.05, 4.69) is 4.98 Å². The average molecular weight is 274 g/mol. The number of carbonyl (C=O) groups is 1. The molecular weight excluding hydrogens is 266 g/mol. The molecule has 1 N–H and O–H groups in total. The second-order valence-corrected chi connectivity index (χ2v) is 5.56. The van der Waals surface area contributed by atoms with E-state index in [-0.39, 0.29) is 5.75 Å². The Morgan fingerprint density at radius 1 is 1.56 bits per heavy atom. The highest BCUT2D eigenvalue weighted by atomic mass is 35.5. The van der Waals surface area contributed by atoms with Gasteiger partial charge < -0.3 is 5.11 Å². The van der Waals surface area contributed by atoms with E-state index in [1.807, 2.05) is 18.2 Å². The number of carboxylic acids is 1. The number of hydrogen-bond donors (Lipinski definition) is 1. The fourth-order valence-corrected chi connectivity index (χ4v) is 3.30. The predicted octanol–water partition coefficient (Wildman–Crippen LogP) is 3.27. The Kier molecular flexibility index (Phi) is 3.68. The van der Waals surface area contributed by atoms with Crippen LogP contribution in [0.25, 0.3) is 10.2 Å². The third kappa shape index (κ3) is 2.66. The van der Waals surface area contributed by atoms with Gasteiger partial charge in [0.2, 0.25) is 0 Å². The summed E-state index contributed by atoms with van der Waals surface area (Å²) in [5.41, 5.74) is 0.878. The lowest BCUT2D eigenvalue weighted by atomic mass is 10.3. The molecular formula is C10H8ClNO2S2. The molecule has 1 aromatic heterocycles. The van der Waals surface area contributed by atoms with E-state index in [0.29, 0.717) is 10.8 Å². The Morgan fingerprint density at radius 2 is 2.38 bits per heavy atom. The summed E-state index contributed by atoms with van der Waals surface area (Å²) in [7, 11) is 0. The highest BCUT2D eigenvalue weighted by Gasteiger charge is 2.07. The molecule has 0 aliphatic heterocycles. The largest absolute Gasteiger partial charge is 0.481 e. The number of thiazole rings is 1. The standard InChI is InChI=1S/C10H8ClNO2S2/c11-6-2-1-3-7-10(6)16-8(12-7)4-15-5-9(13)14/h1-3H,4-5H2,(H,13,14). The van der Waals surface area contributed by atoms with Crippen molar-refractivity contribution >= 4 is 50.9 Å². The summed E-state index contributed by atoms with van der Waals surface area (Å²) in [6.07, 6.45) is 0. The van der Waals surface area contributed by atoms with Gasteiger partial charge in [0.15, 0.2) is 0 Å². The molecule has 0 atom stereocenters. The average Bonchev–Trinajstić information content (AvgIpc) is 2.61. The van der Waals surface area contributed by atoms with Crippen molar-refractivity contribution in [2.45, 2.75) is 5.75 Å².